The number of carbonyl (C=O) groups excluding carboxylic acids is 2. The monoisotopic (exact) mass is 342 g/mol. The fourth-order valence-electron chi connectivity index (χ4n) is 1.21. The van der Waals surface area contributed by atoms with E-state index < -0.39 is 24.0 Å². The van der Waals surface area contributed by atoms with Crippen molar-refractivity contribution in [2.75, 3.05) is 0 Å². The SMILES string of the molecule is CC(C)C[C@H](N)C(=O)[O-].CC(C)C[C@H](N)C(=O)[O-].O.[Zn+2]. The van der Waals surface area contributed by atoms with Crippen molar-refractivity contribution in [3.05, 3.63) is 0 Å². The fraction of sp³-hybridized carbons (Fsp3) is 0.833. The van der Waals surface area contributed by atoms with E-state index in [1.54, 1.807) is 0 Å². The third kappa shape index (κ3) is 19.8. The molecule has 7 nitrogen and oxygen atoms in total. The van der Waals surface area contributed by atoms with Gasteiger partial charge in [0.05, 0.1) is 11.9 Å². The Balaban J connectivity index is -0.000000116. The van der Waals surface area contributed by atoms with Gasteiger partial charge in [-0.2, -0.15) is 0 Å². The molecule has 6 N–H and O–H groups in total. The second-order valence-corrected chi connectivity index (χ2v) is 5.11. The van der Waals surface area contributed by atoms with E-state index in [0.717, 1.165) is 0 Å². The number of carboxylic acid groups (broad SMARTS) is 2. The van der Waals surface area contributed by atoms with Gasteiger partial charge < -0.3 is 36.7 Å². The maximum atomic E-state index is 10.00. The molecule has 0 aliphatic rings. The van der Waals surface area contributed by atoms with Gasteiger partial charge in [0, 0.05) is 12.1 Å². The van der Waals surface area contributed by atoms with E-state index in [1.165, 1.54) is 0 Å². The Morgan fingerprint density at radius 3 is 1.10 bits per heavy atom. The van der Waals surface area contributed by atoms with Crippen LogP contribution in [0.2, 0.25) is 0 Å². The van der Waals surface area contributed by atoms with Crippen molar-refractivity contribution in [1.29, 1.82) is 0 Å². The molecule has 0 saturated carbocycles. The normalized spacial score (nSPS) is 12.4. The molecule has 0 amide bonds. The number of carbonyl (C=O) groups is 2. The van der Waals surface area contributed by atoms with E-state index in [2.05, 4.69) is 0 Å². The summed E-state index contributed by atoms with van der Waals surface area (Å²) in [6.45, 7) is 7.68. The van der Waals surface area contributed by atoms with Gasteiger partial charge in [0.15, 0.2) is 0 Å². The summed E-state index contributed by atoms with van der Waals surface area (Å²) < 4.78 is 0. The van der Waals surface area contributed by atoms with Crippen LogP contribution < -0.4 is 21.7 Å². The van der Waals surface area contributed by atoms with Crippen LogP contribution in [0.5, 0.6) is 0 Å². The van der Waals surface area contributed by atoms with Gasteiger partial charge in [-0.25, -0.2) is 0 Å². The molecule has 0 heterocycles. The molecular weight excluding hydrogens is 318 g/mol. The molecule has 0 spiro atoms. The van der Waals surface area contributed by atoms with Crippen LogP contribution in [0.4, 0.5) is 0 Å². The number of aliphatic carboxylic acids is 2. The van der Waals surface area contributed by atoms with Crippen LogP contribution in [0.1, 0.15) is 40.5 Å². The summed E-state index contributed by atoms with van der Waals surface area (Å²) in [7, 11) is 0. The molecule has 0 aliphatic heterocycles. The summed E-state index contributed by atoms with van der Waals surface area (Å²) in [5.41, 5.74) is 10.3. The molecule has 0 radical (unpaired) electrons. The van der Waals surface area contributed by atoms with Crippen molar-refractivity contribution in [2.45, 2.75) is 52.6 Å². The molecule has 0 bridgehead atoms. The summed E-state index contributed by atoms with van der Waals surface area (Å²) in [5, 5.41) is 20.0. The number of hydrogen-bond donors (Lipinski definition) is 2. The van der Waals surface area contributed by atoms with Crippen LogP contribution in [0.15, 0.2) is 0 Å². The first kappa shape index (κ1) is 27.7. The van der Waals surface area contributed by atoms with Gasteiger partial charge in [-0.3, -0.25) is 0 Å². The van der Waals surface area contributed by atoms with Gasteiger partial charge in [0.25, 0.3) is 0 Å². The van der Waals surface area contributed by atoms with E-state index in [9.17, 15) is 19.8 Å². The fourth-order valence-corrected chi connectivity index (χ4v) is 1.21. The van der Waals surface area contributed by atoms with Crippen LogP contribution in [-0.2, 0) is 29.1 Å². The summed E-state index contributed by atoms with van der Waals surface area (Å²) in [5.74, 6) is -1.69. The van der Waals surface area contributed by atoms with Gasteiger partial charge >= 0.3 is 19.5 Å². The smallest absolute Gasteiger partial charge is 0.548 e. The van der Waals surface area contributed by atoms with Crippen molar-refractivity contribution in [3.8, 4) is 0 Å². The summed E-state index contributed by atoms with van der Waals surface area (Å²) in [6, 6.07) is -1.60. The molecule has 0 saturated heterocycles. The van der Waals surface area contributed by atoms with Crippen molar-refractivity contribution in [2.24, 2.45) is 23.3 Å². The van der Waals surface area contributed by atoms with Crippen LogP contribution >= 0.6 is 0 Å². The van der Waals surface area contributed by atoms with Crippen LogP contribution in [0.25, 0.3) is 0 Å². The zero-order valence-corrected chi connectivity index (χ0v) is 15.7. The van der Waals surface area contributed by atoms with Crippen molar-refractivity contribution >= 4 is 11.9 Å². The first-order valence-corrected chi connectivity index (χ1v) is 6.00. The second kappa shape index (κ2) is 14.8. The molecule has 8 heteroatoms. The molecule has 0 fully saturated rings. The molecule has 0 aromatic rings. The summed E-state index contributed by atoms with van der Waals surface area (Å²) in [4.78, 5) is 20.0. The minimum Gasteiger partial charge on any atom is -0.548 e. The molecule has 20 heavy (non-hydrogen) atoms. The summed E-state index contributed by atoms with van der Waals surface area (Å²) in [6.07, 6.45) is 0.977. The Morgan fingerprint density at radius 1 is 0.850 bits per heavy atom. The predicted octanol–water partition coefficient (Wildman–Crippen LogP) is -2.61. The number of carboxylic acids is 2. The average molecular weight is 344 g/mol. The van der Waals surface area contributed by atoms with Gasteiger partial charge in [-0.05, 0) is 24.7 Å². The van der Waals surface area contributed by atoms with Crippen molar-refractivity contribution < 1.29 is 44.8 Å². The first-order chi connectivity index (χ1) is 8.07. The van der Waals surface area contributed by atoms with E-state index in [0.29, 0.717) is 24.7 Å². The minimum atomic E-state index is -1.16. The second-order valence-electron chi connectivity index (χ2n) is 5.11. The maximum absolute atomic E-state index is 10.00. The van der Waals surface area contributed by atoms with Crippen LogP contribution in [0.3, 0.4) is 0 Å². The van der Waals surface area contributed by atoms with Crippen molar-refractivity contribution in [3.63, 3.8) is 0 Å². The van der Waals surface area contributed by atoms with Crippen LogP contribution in [0, 0.1) is 11.8 Å². The Hall–Kier alpha value is -0.557. The number of rotatable bonds is 6. The minimum absolute atomic E-state index is 0. The molecule has 0 aromatic heterocycles. The number of nitrogens with two attached hydrogens (primary N) is 2. The maximum Gasteiger partial charge on any atom is 2.00 e. The molecule has 0 aliphatic carbocycles. The Bertz CT molecular complexity index is 236. The third-order valence-electron chi connectivity index (χ3n) is 2.06. The molecular formula is C12H26N2O5Zn. The topological polar surface area (TPSA) is 164 Å². The number of hydrogen-bond acceptors (Lipinski definition) is 6. The van der Waals surface area contributed by atoms with Crippen LogP contribution in [-0.4, -0.2) is 29.5 Å². The quantitative estimate of drug-likeness (QED) is 0.501. The van der Waals surface area contributed by atoms with E-state index in [-0.39, 0.29) is 25.0 Å². The standard InChI is InChI=1S/2C6H13NO2.H2O.Zn/c2*1-4(2)3-5(7)6(8)9;;/h2*4-5H,3,7H2,1-2H3,(H,8,9);1H2;/q;;;+2/p-2/t2*5-;;/m00../s1. The molecule has 116 valence electrons. The third-order valence-corrected chi connectivity index (χ3v) is 2.06. The zero-order valence-electron chi connectivity index (χ0n) is 12.7. The zero-order chi connectivity index (χ0) is 14.9. The Morgan fingerprint density at radius 2 is 1.05 bits per heavy atom. The molecule has 0 aromatic carbocycles. The van der Waals surface area contributed by atoms with Gasteiger partial charge in [-0.1, -0.05) is 27.7 Å². The van der Waals surface area contributed by atoms with E-state index in [1.807, 2.05) is 27.7 Å². The first-order valence-electron chi connectivity index (χ1n) is 6.00. The van der Waals surface area contributed by atoms with E-state index >= 15 is 0 Å². The van der Waals surface area contributed by atoms with Gasteiger partial charge in [0.2, 0.25) is 0 Å². The average Bonchev–Trinajstić information content (AvgIpc) is 2.16. The van der Waals surface area contributed by atoms with Gasteiger partial charge in [0.1, 0.15) is 0 Å². The molecule has 0 rings (SSSR count). The molecule has 0 unspecified atom stereocenters. The van der Waals surface area contributed by atoms with Crippen molar-refractivity contribution in [1.82, 2.24) is 0 Å². The summed E-state index contributed by atoms with van der Waals surface area (Å²) >= 11 is 0. The Labute approximate surface area is 133 Å². The Kier molecular flexibility index (Phi) is 20.6. The molecule has 2 atom stereocenters. The predicted molar refractivity (Wildman–Crippen MR) is 68.5 cm³/mol. The van der Waals surface area contributed by atoms with Gasteiger partial charge in [-0.15, -0.1) is 0 Å². The largest absolute Gasteiger partial charge is 2.00 e. The van der Waals surface area contributed by atoms with E-state index in [4.69, 9.17) is 11.5 Å².